The molecule has 1 unspecified atom stereocenters. The van der Waals surface area contributed by atoms with E-state index in [9.17, 15) is 9.59 Å². The summed E-state index contributed by atoms with van der Waals surface area (Å²) in [5.41, 5.74) is 4.22. The van der Waals surface area contributed by atoms with Crippen LogP contribution in [-0.2, 0) is 0 Å². The smallest absolute Gasteiger partial charge is 0.178 e. The highest BCUT2D eigenvalue weighted by Gasteiger charge is 2.30. The average Bonchev–Trinajstić information content (AvgIpc) is 2.74. The molecule has 0 bridgehead atoms. The van der Waals surface area contributed by atoms with E-state index in [4.69, 9.17) is 0 Å². The van der Waals surface area contributed by atoms with Crippen molar-refractivity contribution in [3.05, 3.63) is 107 Å². The van der Waals surface area contributed by atoms with Crippen LogP contribution in [0, 0.1) is 0 Å². The monoisotopic (exact) mass is 384 g/mol. The van der Waals surface area contributed by atoms with Crippen LogP contribution in [0.5, 0.6) is 0 Å². The minimum absolute atomic E-state index is 0.161. The number of benzene rings is 3. The Balaban J connectivity index is 2.02. The molecule has 0 fully saturated rings. The predicted octanol–water partition coefficient (Wildman–Crippen LogP) is 6.78. The number of ketones is 2. The minimum atomic E-state index is -0.844. The van der Waals surface area contributed by atoms with Crippen molar-refractivity contribution >= 4 is 11.6 Å². The van der Waals surface area contributed by atoms with Crippen LogP contribution in [0.15, 0.2) is 78.9 Å². The van der Waals surface area contributed by atoms with Crippen LogP contribution in [0.3, 0.4) is 0 Å². The van der Waals surface area contributed by atoms with Crippen molar-refractivity contribution in [2.45, 2.75) is 45.4 Å². The first-order valence-corrected chi connectivity index (χ1v) is 10.2. The lowest BCUT2D eigenvalue weighted by atomic mass is 9.83. The Kier molecular flexibility index (Phi) is 6.43. The summed E-state index contributed by atoms with van der Waals surface area (Å²) >= 11 is 0. The fourth-order valence-electron chi connectivity index (χ4n) is 3.46. The molecule has 2 heteroatoms. The van der Waals surface area contributed by atoms with E-state index < -0.39 is 5.92 Å². The number of carbonyl (C=O) groups excluding carboxylic acids is 2. The van der Waals surface area contributed by atoms with Gasteiger partial charge in [-0.3, -0.25) is 9.59 Å². The van der Waals surface area contributed by atoms with Crippen LogP contribution in [0.4, 0.5) is 0 Å². The van der Waals surface area contributed by atoms with Gasteiger partial charge in [-0.05, 0) is 28.5 Å². The van der Waals surface area contributed by atoms with Gasteiger partial charge in [0, 0.05) is 11.1 Å². The lowest BCUT2D eigenvalue weighted by molar-refractivity contribution is 0.0860. The van der Waals surface area contributed by atoms with E-state index in [0.717, 1.165) is 5.56 Å². The number of rotatable bonds is 7. The molecule has 0 spiro atoms. The lowest BCUT2D eigenvalue weighted by Crippen LogP contribution is -2.22. The zero-order valence-corrected chi connectivity index (χ0v) is 17.6. The highest BCUT2D eigenvalue weighted by molar-refractivity contribution is 6.20. The second-order valence-corrected chi connectivity index (χ2v) is 8.13. The average molecular weight is 385 g/mol. The van der Waals surface area contributed by atoms with Gasteiger partial charge in [-0.2, -0.15) is 0 Å². The van der Waals surface area contributed by atoms with Gasteiger partial charge in [0.15, 0.2) is 11.6 Å². The number of Topliss-reactive ketones (excluding diaryl/α,β-unsaturated/α-hetero) is 2. The molecule has 0 saturated carbocycles. The first-order chi connectivity index (χ1) is 13.9. The van der Waals surface area contributed by atoms with Crippen LogP contribution < -0.4 is 0 Å². The van der Waals surface area contributed by atoms with E-state index in [2.05, 4.69) is 27.7 Å². The highest BCUT2D eigenvalue weighted by Crippen LogP contribution is 2.28. The topological polar surface area (TPSA) is 34.1 Å². The molecule has 3 aromatic rings. The Morgan fingerprint density at radius 3 is 1.34 bits per heavy atom. The highest BCUT2D eigenvalue weighted by atomic mass is 16.2. The molecule has 0 radical (unpaired) electrons. The van der Waals surface area contributed by atoms with Gasteiger partial charge in [0.2, 0.25) is 0 Å². The van der Waals surface area contributed by atoms with E-state index >= 15 is 0 Å². The normalized spacial score (nSPS) is 12.2. The van der Waals surface area contributed by atoms with Crippen LogP contribution in [0.2, 0.25) is 0 Å². The van der Waals surface area contributed by atoms with Gasteiger partial charge in [-0.15, -0.1) is 0 Å². The summed E-state index contributed by atoms with van der Waals surface area (Å²) in [7, 11) is 0. The Morgan fingerprint density at radius 1 is 0.517 bits per heavy atom. The molecule has 148 valence electrons. The first-order valence-electron chi connectivity index (χ1n) is 10.2. The lowest BCUT2D eigenvalue weighted by Gasteiger charge is -2.17. The molecule has 1 atom stereocenters. The van der Waals surface area contributed by atoms with Crippen LogP contribution in [0.1, 0.15) is 82.9 Å². The number of hydrogen-bond acceptors (Lipinski definition) is 2. The third-order valence-corrected chi connectivity index (χ3v) is 5.38. The maximum atomic E-state index is 13.4. The summed E-state index contributed by atoms with van der Waals surface area (Å²) in [5, 5.41) is 0. The fraction of sp³-hybridized carbons (Fsp3) is 0.259. The molecule has 0 heterocycles. The van der Waals surface area contributed by atoms with E-state index in [0.29, 0.717) is 23.0 Å². The summed E-state index contributed by atoms with van der Waals surface area (Å²) in [6.07, 6.45) is 0. The Morgan fingerprint density at radius 2 is 0.897 bits per heavy atom. The molecule has 0 amide bonds. The fourth-order valence-corrected chi connectivity index (χ4v) is 3.46. The molecule has 0 aliphatic rings. The third kappa shape index (κ3) is 4.71. The largest absolute Gasteiger partial charge is 0.293 e. The second kappa shape index (κ2) is 9.00. The second-order valence-electron chi connectivity index (χ2n) is 8.13. The Hall–Kier alpha value is -3.00. The number of hydrogen-bond donors (Lipinski definition) is 0. The minimum Gasteiger partial charge on any atom is -0.293 e. The summed E-state index contributed by atoms with van der Waals surface area (Å²) in [5.74, 6) is -0.383. The molecule has 29 heavy (non-hydrogen) atoms. The molecule has 0 saturated heterocycles. The molecular formula is C27H28O2. The summed E-state index contributed by atoms with van der Waals surface area (Å²) < 4.78 is 0. The van der Waals surface area contributed by atoms with Gasteiger partial charge < -0.3 is 0 Å². The van der Waals surface area contributed by atoms with Crippen molar-refractivity contribution in [1.29, 1.82) is 0 Å². The molecular weight excluding hydrogens is 356 g/mol. The molecule has 0 aromatic heterocycles. The quantitative estimate of drug-likeness (QED) is 0.332. The molecule has 3 rings (SSSR count). The van der Waals surface area contributed by atoms with Gasteiger partial charge in [0.05, 0.1) is 0 Å². The van der Waals surface area contributed by atoms with Crippen molar-refractivity contribution in [2.75, 3.05) is 0 Å². The van der Waals surface area contributed by atoms with E-state index in [1.807, 2.05) is 66.7 Å². The standard InChI is InChI=1S/C27H28O2/c1-18(2)20-10-14-22(15-11-20)25(26(28)23-8-6-5-7-9-23)27(29)24-16-12-21(13-17-24)19(3)4/h5-19,25H,1-4H3. The van der Waals surface area contributed by atoms with Gasteiger partial charge >= 0.3 is 0 Å². The van der Waals surface area contributed by atoms with Crippen LogP contribution in [-0.4, -0.2) is 11.6 Å². The van der Waals surface area contributed by atoms with Gasteiger partial charge in [-0.25, -0.2) is 0 Å². The van der Waals surface area contributed by atoms with Crippen LogP contribution >= 0.6 is 0 Å². The molecule has 0 N–H and O–H groups in total. The van der Waals surface area contributed by atoms with E-state index in [1.165, 1.54) is 11.1 Å². The summed E-state index contributed by atoms with van der Waals surface area (Å²) in [4.78, 5) is 26.8. The predicted molar refractivity (Wildman–Crippen MR) is 119 cm³/mol. The van der Waals surface area contributed by atoms with E-state index in [-0.39, 0.29) is 11.6 Å². The van der Waals surface area contributed by atoms with Crippen molar-refractivity contribution in [1.82, 2.24) is 0 Å². The Labute approximate surface area is 173 Å². The summed E-state index contributed by atoms with van der Waals surface area (Å²) in [6.45, 7) is 8.50. The molecule has 3 aromatic carbocycles. The van der Waals surface area contributed by atoms with Gasteiger partial charge in [0.25, 0.3) is 0 Å². The molecule has 0 aliphatic carbocycles. The number of carbonyl (C=O) groups is 2. The zero-order chi connectivity index (χ0) is 21.0. The van der Waals surface area contributed by atoms with Gasteiger partial charge in [-0.1, -0.05) is 107 Å². The maximum absolute atomic E-state index is 13.4. The van der Waals surface area contributed by atoms with Crippen molar-refractivity contribution in [2.24, 2.45) is 0 Å². The molecule has 0 aliphatic heterocycles. The van der Waals surface area contributed by atoms with Crippen molar-refractivity contribution in [3.63, 3.8) is 0 Å². The zero-order valence-electron chi connectivity index (χ0n) is 17.6. The van der Waals surface area contributed by atoms with E-state index in [1.54, 1.807) is 12.1 Å². The van der Waals surface area contributed by atoms with Crippen molar-refractivity contribution in [3.8, 4) is 0 Å². The van der Waals surface area contributed by atoms with Gasteiger partial charge in [0.1, 0.15) is 5.92 Å². The Bertz CT molecular complexity index is 965. The first kappa shape index (κ1) is 20.7. The summed E-state index contributed by atoms with van der Waals surface area (Å²) in [6, 6.07) is 24.6. The maximum Gasteiger partial charge on any atom is 0.178 e. The third-order valence-electron chi connectivity index (χ3n) is 5.38. The van der Waals surface area contributed by atoms with Crippen molar-refractivity contribution < 1.29 is 9.59 Å². The molecule has 2 nitrogen and oxygen atoms in total. The SMILES string of the molecule is CC(C)c1ccc(C(=O)C(C(=O)c2ccccc2)c2ccc(C(C)C)cc2)cc1. The van der Waals surface area contributed by atoms with Crippen LogP contribution in [0.25, 0.3) is 0 Å².